The third kappa shape index (κ3) is 4.24. The molecule has 0 spiro atoms. The lowest BCUT2D eigenvalue weighted by Crippen LogP contribution is -2.26. The molecule has 1 aromatic rings. The van der Waals surface area contributed by atoms with Gasteiger partial charge in [0.05, 0.1) is 5.56 Å². The minimum Gasteiger partial charge on any atom is -0.492 e. The van der Waals surface area contributed by atoms with Crippen LogP contribution < -0.4 is 4.74 Å². The zero-order valence-corrected chi connectivity index (χ0v) is 11.5. The van der Waals surface area contributed by atoms with Crippen molar-refractivity contribution in [2.75, 3.05) is 26.7 Å². The van der Waals surface area contributed by atoms with Crippen LogP contribution in [0.1, 0.15) is 23.7 Å². The van der Waals surface area contributed by atoms with E-state index >= 15 is 0 Å². The number of hydrogen-bond acceptors (Lipinski definition) is 3. The SMILES string of the molecule is CC1CC1CN(C)CCOc1ccc(C(=O)O)cc1. The van der Waals surface area contributed by atoms with Gasteiger partial charge in [-0.3, -0.25) is 0 Å². The van der Waals surface area contributed by atoms with Crippen molar-refractivity contribution >= 4 is 5.97 Å². The molecule has 0 aliphatic heterocycles. The first-order valence-corrected chi connectivity index (χ1v) is 6.71. The lowest BCUT2D eigenvalue weighted by Gasteiger charge is -2.16. The van der Waals surface area contributed by atoms with Gasteiger partial charge in [0.1, 0.15) is 12.4 Å². The first-order chi connectivity index (χ1) is 9.06. The monoisotopic (exact) mass is 263 g/mol. The molecule has 19 heavy (non-hydrogen) atoms. The summed E-state index contributed by atoms with van der Waals surface area (Å²) in [6.07, 6.45) is 1.35. The quantitative estimate of drug-likeness (QED) is 0.820. The highest BCUT2D eigenvalue weighted by atomic mass is 16.5. The Morgan fingerprint density at radius 2 is 2.05 bits per heavy atom. The van der Waals surface area contributed by atoms with Crippen LogP contribution in [-0.4, -0.2) is 42.7 Å². The number of carboxylic acid groups (broad SMARTS) is 1. The summed E-state index contributed by atoms with van der Waals surface area (Å²) in [5, 5.41) is 8.79. The van der Waals surface area contributed by atoms with Gasteiger partial charge >= 0.3 is 5.97 Å². The minimum absolute atomic E-state index is 0.284. The summed E-state index contributed by atoms with van der Waals surface area (Å²) in [5.74, 6) is 1.55. The highest BCUT2D eigenvalue weighted by Crippen LogP contribution is 2.37. The molecule has 4 nitrogen and oxygen atoms in total. The average Bonchev–Trinajstić information content (AvgIpc) is 3.05. The molecule has 2 unspecified atom stereocenters. The van der Waals surface area contributed by atoms with Gasteiger partial charge in [0, 0.05) is 13.1 Å². The Morgan fingerprint density at radius 3 is 2.58 bits per heavy atom. The summed E-state index contributed by atoms with van der Waals surface area (Å²) < 4.78 is 5.61. The molecule has 104 valence electrons. The highest BCUT2D eigenvalue weighted by molar-refractivity contribution is 5.87. The maximum Gasteiger partial charge on any atom is 0.335 e. The Hall–Kier alpha value is -1.55. The Balaban J connectivity index is 1.68. The Bertz CT molecular complexity index is 430. The molecule has 0 radical (unpaired) electrons. The van der Waals surface area contributed by atoms with E-state index in [1.54, 1.807) is 24.3 Å². The van der Waals surface area contributed by atoms with Gasteiger partial charge in [0.2, 0.25) is 0 Å². The second-order valence-electron chi connectivity index (χ2n) is 5.41. The van der Waals surface area contributed by atoms with Crippen molar-refractivity contribution < 1.29 is 14.6 Å². The smallest absolute Gasteiger partial charge is 0.335 e. The standard InChI is InChI=1S/C15H21NO3/c1-11-9-13(11)10-16(2)7-8-19-14-5-3-12(4-6-14)15(17)18/h3-6,11,13H,7-10H2,1-2H3,(H,17,18). The number of likely N-dealkylation sites (N-methyl/N-ethyl adjacent to an activating group) is 1. The van der Waals surface area contributed by atoms with Crippen molar-refractivity contribution in [1.82, 2.24) is 4.90 Å². The van der Waals surface area contributed by atoms with Gasteiger partial charge in [-0.1, -0.05) is 6.92 Å². The highest BCUT2D eigenvalue weighted by Gasteiger charge is 2.32. The lowest BCUT2D eigenvalue weighted by molar-refractivity contribution is 0.0697. The van der Waals surface area contributed by atoms with E-state index in [0.29, 0.717) is 6.61 Å². The van der Waals surface area contributed by atoms with Crippen LogP contribution in [0.5, 0.6) is 5.75 Å². The predicted octanol–water partition coefficient (Wildman–Crippen LogP) is 2.35. The number of rotatable bonds is 7. The normalized spacial score (nSPS) is 21.4. The van der Waals surface area contributed by atoms with Crippen LogP contribution in [0.25, 0.3) is 0 Å². The number of benzene rings is 1. The molecule has 1 aliphatic rings. The van der Waals surface area contributed by atoms with E-state index in [1.165, 1.54) is 6.42 Å². The van der Waals surface area contributed by atoms with E-state index in [-0.39, 0.29) is 5.56 Å². The molecule has 1 fully saturated rings. The van der Waals surface area contributed by atoms with Crippen LogP contribution >= 0.6 is 0 Å². The molecule has 0 amide bonds. The summed E-state index contributed by atoms with van der Waals surface area (Å²) >= 11 is 0. The molecule has 1 saturated carbocycles. The van der Waals surface area contributed by atoms with Gasteiger partial charge in [-0.05, 0) is 49.6 Å². The van der Waals surface area contributed by atoms with Crippen LogP contribution in [0.15, 0.2) is 24.3 Å². The van der Waals surface area contributed by atoms with Crippen molar-refractivity contribution in [2.24, 2.45) is 11.8 Å². The number of ether oxygens (including phenoxy) is 1. The van der Waals surface area contributed by atoms with E-state index in [2.05, 4.69) is 18.9 Å². The number of carboxylic acids is 1. The third-order valence-corrected chi connectivity index (χ3v) is 3.67. The van der Waals surface area contributed by atoms with E-state index in [9.17, 15) is 4.79 Å². The molecule has 0 aromatic heterocycles. The maximum atomic E-state index is 10.7. The predicted molar refractivity (Wildman–Crippen MR) is 73.7 cm³/mol. The van der Waals surface area contributed by atoms with Crippen molar-refractivity contribution in [3.8, 4) is 5.75 Å². The van der Waals surface area contributed by atoms with Crippen LogP contribution in [0.3, 0.4) is 0 Å². The van der Waals surface area contributed by atoms with Gasteiger partial charge < -0.3 is 14.7 Å². The first kappa shape index (κ1) is 13.9. The van der Waals surface area contributed by atoms with Crippen LogP contribution in [-0.2, 0) is 0 Å². The number of aromatic carboxylic acids is 1. The molecule has 0 bridgehead atoms. The zero-order chi connectivity index (χ0) is 13.8. The molecule has 1 aliphatic carbocycles. The van der Waals surface area contributed by atoms with Crippen LogP contribution in [0, 0.1) is 11.8 Å². The number of carbonyl (C=O) groups is 1. The molecule has 4 heteroatoms. The fourth-order valence-corrected chi connectivity index (χ4v) is 2.16. The zero-order valence-electron chi connectivity index (χ0n) is 11.5. The summed E-state index contributed by atoms with van der Waals surface area (Å²) in [5.41, 5.74) is 0.284. The van der Waals surface area contributed by atoms with Crippen molar-refractivity contribution in [1.29, 1.82) is 0 Å². The largest absolute Gasteiger partial charge is 0.492 e. The molecule has 1 aromatic carbocycles. The van der Waals surface area contributed by atoms with E-state index in [1.807, 2.05) is 0 Å². The second-order valence-corrected chi connectivity index (χ2v) is 5.41. The molecular formula is C15H21NO3. The van der Waals surface area contributed by atoms with E-state index in [0.717, 1.165) is 30.7 Å². The van der Waals surface area contributed by atoms with Crippen molar-refractivity contribution in [3.05, 3.63) is 29.8 Å². The van der Waals surface area contributed by atoms with Gasteiger partial charge in [0.15, 0.2) is 0 Å². The Morgan fingerprint density at radius 1 is 1.42 bits per heavy atom. The van der Waals surface area contributed by atoms with E-state index < -0.39 is 5.97 Å². The maximum absolute atomic E-state index is 10.7. The summed E-state index contributed by atoms with van der Waals surface area (Å²) in [6.45, 7) is 4.95. The van der Waals surface area contributed by atoms with Crippen LogP contribution in [0.4, 0.5) is 0 Å². The summed E-state index contributed by atoms with van der Waals surface area (Å²) in [4.78, 5) is 13.0. The Kier molecular flexibility index (Phi) is 4.43. The fraction of sp³-hybridized carbons (Fsp3) is 0.533. The fourth-order valence-electron chi connectivity index (χ4n) is 2.16. The number of nitrogens with zero attached hydrogens (tertiary/aromatic N) is 1. The van der Waals surface area contributed by atoms with Gasteiger partial charge in [-0.25, -0.2) is 4.79 Å². The molecule has 2 rings (SSSR count). The van der Waals surface area contributed by atoms with Gasteiger partial charge in [-0.2, -0.15) is 0 Å². The summed E-state index contributed by atoms with van der Waals surface area (Å²) in [6, 6.07) is 6.53. The molecule has 0 heterocycles. The molecule has 0 saturated heterocycles. The summed E-state index contributed by atoms with van der Waals surface area (Å²) in [7, 11) is 2.11. The minimum atomic E-state index is -0.912. The Labute approximate surface area is 114 Å². The van der Waals surface area contributed by atoms with Crippen molar-refractivity contribution in [2.45, 2.75) is 13.3 Å². The number of hydrogen-bond donors (Lipinski definition) is 1. The van der Waals surface area contributed by atoms with Crippen LogP contribution in [0.2, 0.25) is 0 Å². The lowest BCUT2D eigenvalue weighted by atomic mass is 10.2. The van der Waals surface area contributed by atoms with Gasteiger partial charge in [-0.15, -0.1) is 0 Å². The van der Waals surface area contributed by atoms with Gasteiger partial charge in [0.25, 0.3) is 0 Å². The second kappa shape index (κ2) is 6.06. The third-order valence-electron chi connectivity index (χ3n) is 3.67. The average molecular weight is 263 g/mol. The molecular weight excluding hydrogens is 242 g/mol. The molecule has 1 N–H and O–H groups in total. The van der Waals surface area contributed by atoms with E-state index in [4.69, 9.17) is 9.84 Å². The van der Waals surface area contributed by atoms with Crippen molar-refractivity contribution in [3.63, 3.8) is 0 Å². The topological polar surface area (TPSA) is 49.8 Å². The first-order valence-electron chi connectivity index (χ1n) is 6.71. The molecule has 2 atom stereocenters.